The average Bonchev–Trinajstić information content (AvgIpc) is 3.43. The van der Waals surface area contributed by atoms with E-state index in [4.69, 9.17) is 10.5 Å². The molecule has 0 bridgehead atoms. The topological polar surface area (TPSA) is 140 Å². The maximum absolute atomic E-state index is 14.3. The molecule has 0 spiro atoms. The zero-order chi connectivity index (χ0) is 25.5. The first kappa shape index (κ1) is 26.2. The van der Waals surface area contributed by atoms with Gasteiger partial charge in [0.15, 0.2) is 0 Å². The van der Waals surface area contributed by atoms with Gasteiger partial charge in [-0.15, -0.1) is 0 Å². The first-order valence-corrected chi connectivity index (χ1v) is 13.2. The van der Waals surface area contributed by atoms with Crippen LogP contribution in [0.1, 0.15) is 56.6 Å². The number of aliphatic imine (C=N–C) groups is 1. The van der Waals surface area contributed by atoms with Gasteiger partial charge in [0.2, 0.25) is 5.91 Å². The molecule has 196 valence electrons. The lowest BCUT2D eigenvalue weighted by molar-refractivity contribution is -0.126. The number of nitrogens with one attached hydrogen (secondary N) is 2. The molecule has 0 aromatic carbocycles. The zero-order valence-corrected chi connectivity index (χ0v) is 21.2. The number of primary amides is 1. The summed E-state index contributed by atoms with van der Waals surface area (Å²) < 4.78 is 5.54. The number of aromatic nitrogens is 1. The van der Waals surface area contributed by atoms with Crippen molar-refractivity contribution in [2.45, 2.75) is 56.4 Å². The number of nitrogens with zero attached hydrogens (tertiary/aromatic N) is 4. The van der Waals surface area contributed by atoms with Crippen LogP contribution < -0.4 is 11.1 Å². The van der Waals surface area contributed by atoms with E-state index in [1.165, 1.54) is 6.42 Å². The molecule has 1 aromatic rings. The van der Waals surface area contributed by atoms with E-state index >= 15 is 0 Å². The summed E-state index contributed by atoms with van der Waals surface area (Å²) in [5.41, 5.74) is 5.60. The average molecular weight is 498 g/mol. The van der Waals surface area contributed by atoms with E-state index in [0.717, 1.165) is 44.5 Å². The fraction of sp³-hybridized carbons (Fsp3) is 0.692. The molecule has 2 unspecified atom stereocenters. The van der Waals surface area contributed by atoms with Gasteiger partial charge in [-0.25, -0.2) is 4.79 Å². The lowest BCUT2D eigenvalue weighted by Crippen LogP contribution is -2.58. The fourth-order valence-electron chi connectivity index (χ4n) is 6.01. The molecule has 3 aliphatic rings. The van der Waals surface area contributed by atoms with Gasteiger partial charge >= 0.3 is 6.03 Å². The van der Waals surface area contributed by atoms with E-state index in [1.807, 2.05) is 30.3 Å². The molecule has 1 saturated carbocycles. The molecule has 2 saturated heterocycles. The number of aromatic amines is 1. The lowest BCUT2D eigenvalue weighted by atomic mass is 9.71. The van der Waals surface area contributed by atoms with E-state index in [1.54, 1.807) is 0 Å². The lowest BCUT2D eigenvalue weighted by Gasteiger charge is -2.42. The smallest absolute Gasteiger partial charge is 0.340 e. The van der Waals surface area contributed by atoms with Crippen LogP contribution in [0, 0.1) is 23.2 Å². The van der Waals surface area contributed by atoms with Crippen LogP contribution in [0.3, 0.4) is 0 Å². The minimum Gasteiger partial charge on any atom is -0.378 e. The molecule has 4 N–H and O–H groups in total. The second kappa shape index (κ2) is 11.9. The molecule has 10 nitrogen and oxygen atoms in total. The number of nitrogens with two attached hydrogens (primary N) is 1. The van der Waals surface area contributed by atoms with E-state index in [2.05, 4.69) is 26.3 Å². The Bertz CT molecular complexity index is 951. The minimum atomic E-state index is -0.947. The summed E-state index contributed by atoms with van der Waals surface area (Å²) in [6.45, 7) is 3.46. The van der Waals surface area contributed by atoms with Crippen molar-refractivity contribution in [2.24, 2.45) is 22.6 Å². The molecule has 1 aliphatic carbocycles. The Morgan fingerprint density at radius 3 is 2.50 bits per heavy atom. The Morgan fingerprint density at radius 1 is 1.22 bits per heavy atom. The predicted octanol–water partition coefficient (Wildman–Crippen LogP) is 2.21. The van der Waals surface area contributed by atoms with Crippen molar-refractivity contribution in [3.63, 3.8) is 0 Å². The number of rotatable bonds is 6. The number of morpholine rings is 1. The maximum Gasteiger partial charge on any atom is 0.340 e. The summed E-state index contributed by atoms with van der Waals surface area (Å²) in [5.74, 6) is -0.625. The number of urea groups is 1. The number of hydrogen-bond donors (Lipinski definition) is 3. The number of H-pyrrole nitrogens is 1. The van der Waals surface area contributed by atoms with Gasteiger partial charge in [0.1, 0.15) is 17.3 Å². The Kier molecular flexibility index (Phi) is 8.64. The van der Waals surface area contributed by atoms with E-state index in [9.17, 15) is 14.9 Å². The summed E-state index contributed by atoms with van der Waals surface area (Å²) in [6, 6.07) is 5.53. The molecular weight excluding hydrogens is 458 g/mol. The number of ether oxygens (including phenoxy) is 1. The number of likely N-dealkylation sites (tertiary alicyclic amines) is 1. The van der Waals surface area contributed by atoms with Gasteiger partial charge < -0.3 is 30.6 Å². The Labute approximate surface area is 213 Å². The second-order valence-corrected chi connectivity index (χ2v) is 10.4. The molecule has 0 radical (unpaired) electrons. The van der Waals surface area contributed by atoms with Gasteiger partial charge in [0.25, 0.3) is 0 Å². The number of carbonyl (C=O) groups is 2. The highest BCUT2D eigenvalue weighted by atomic mass is 16.5. The highest BCUT2D eigenvalue weighted by Crippen LogP contribution is 2.42. The highest BCUT2D eigenvalue weighted by Gasteiger charge is 2.45. The molecule has 3 heterocycles. The summed E-state index contributed by atoms with van der Waals surface area (Å²) in [7, 11) is 2.02. The van der Waals surface area contributed by atoms with Crippen molar-refractivity contribution in [1.82, 2.24) is 20.1 Å². The summed E-state index contributed by atoms with van der Waals surface area (Å²) in [5, 5.41) is 13.3. The van der Waals surface area contributed by atoms with Crippen LogP contribution in [0.25, 0.3) is 0 Å². The van der Waals surface area contributed by atoms with Crippen molar-refractivity contribution in [3.05, 3.63) is 24.0 Å². The molecule has 1 aromatic heterocycles. The highest BCUT2D eigenvalue weighted by molar-refractivity contribution is 6.07. The van der Waals surface area contributed by atoms with Gasteiger partial charge in [0.05, 0.1) is 19.3 Å². The van der Waals surface area contributed by atoms with Gasteiger partial charge in [-0.3, -0.25) is 4.79 Å². The van der Waals surface area contributed by atoms with Crippen molar-refractivity contribution >= 4 is 17.8 Å². The molecule has 36 heavy (non-hydrogen) atoms. The number of nitriles is 1. The van der Waals surface area contributed by atoms with Crippen LogP contribution in [0.2, 0.25) is 0 Å². The van der Waals surface area contributed by atoms with Crippen LogP contribution >= 0.6 is 0 Å². The number of carbonyl (C=O) groups excluding carboxylic acids is 2. The third-order valence-electron chi connectivity index (χ3n) is 8.04. The van der Waals surface area contributed by atoms with Crippen LogP contribution in [0.5, 0.6) is 0 Å². The van der Waals surface area contributed by atoms with Gasteiger partial charge in [0, 0.05) is 44.0 Å². The van der Waals surface area contributed by atoms with E-state index in [-0.39, 0.29) is 17.7 Å². The third-order valence-corrected chi connectivity index (χ3v) is 8.04. The molecule has 3 amide bonds. The van der Waals surface area contributed by atoms with Gasteiger partial charge in [-0.1, -0.05) is 19.3 Å². The summed E-state index contributed by atoms with van der Waals surface area (Å²) in [6.07, 6.45) is 8.34. The monoisotopic (exact) mass is 497 g/mol. The molecular formula is C26H39N7O3. The van der Waals surface area contributed by atoms with Crippen molar-refractivity contribution < 1.29 is 14.3 Å². The van der Waals surface area contributed by atoms with Crippen molar-refractivity contribution in [2.75, 3.05) is 46.4 Å². The Balaban J connectivity index is 1.77. The molecule has 10 heteroatoms. The Morgan fingerprint density at radius 2 is 1.92 bits per heavy atom. The largest absolute Gasteiger partial charge is 0.378 e. The molecule has 2 atom stereocenters. The maximum atomic E-state index is 14.3. The van der Waals surface area contributed by atoms with E-state index in [0.29, 0.717) is 45.0 Å². The second-order valence-electron chi connectivity index (χ2n) is 10.4. The third kappa shape index (κ3) is 6.08. The number of amides is 3. The standard InChI is InChI=1S/C26H39N7O3/c1-32-12-9-26(18-27,10-13-32)31-24(34)22(23(30-25(28)35)33-14-16-36-17-15-33)21(20-8-5-11-29-20)19-6-3-2-4-7-19/h5,8,11,19,21-22,29H,2-4,6-7,9-10,12-17H2,1H3,(H2,28,35)(H,31,34). The van der Waals surface area contributed by atoms with Gasteiger partial charge in [-0.05, 0) is 50.8 Å². The van der Waals surface area contributed by atoms with Gasteiger partial charge in [-0.2, -0.15) is 10.3 Å². The SMILES string of the molecule is CN1CCC(C#N)(NC(=O)C(C(=NC(N)=O)N2CCOCC2)C(c2ccc[nH]2)C2CCCCC2)CC1. The molecule has 4 rings (SSSR count). The van der Waals surface area contributed by atoms with Crippen LogP contribution in [0.4, 0.5) is 4.79 Å². The van der Waals surface area contributed by atoms with Crippen LogP contribution in [0.15, 0.2) is 23.3 Å². The quantitative estimate of drug-likeness (QED) is 0.407. The van der Waals surface area contributed by atoms with Crippen LogP contribution in [-0.2, 0) is 9.53 Å². The van der Waals surface area contributed by atoms with Crippen molar-refractivity contribution in [1.29, 1.82) is 5.26 Å². The Hall–Kier alpha value is -2.90. The summed E-state index contributed by atoms with van der Waals surface area (Å²) in [4.78, 5) is 38.2. The fourth-order valence-corrected chi connectivity index (χ4v) is 6.01. The predicted molar refractivity (Wildman–Crippen MR) is 136 cm³/mol. The normalized spacial score (nSPS) is 23.4. The summed E-state index contributed by atoms with van der Waals surface area (Å²) >= 11 is 0. The van der Waals surface area contributed by atoms with Crippen LogP contribution in [-0.4, -0.2) is 84.5 Å². The van der Waals surface area contributed by atoms with E-state index < -0.39 is 17.5 Å². The van der Waals surface area contributed by atoms with Crippen molar-refractivity contribution in [3.8, 4) is 6.07 Å². The first-order valence-electron chi connectivity index (χ1n) is 13.2. The molecule has 3 fully saturated rings. The first-order chi connectivity index (χ1) is 17.4. The minimum absolute atomic E-state index is 0.219. The number of hydrogen-bond acceptors (Lipinski definition) is 5. The number of amidine groups is 1. The number of piperidine rings is 1. The molecule has 2 aliphatic heterocycles. The zero-order valence-electron chi connectivity index (χ0n) is 21.2.